The van der Waals surface area contributed by atoms with Crippen molar-refractivity contribution in [2.75, 3.05) is 0 Å². The molecule has 6 heteroatoms. The highest BCUT2D eigenvalue weighted by atomic mass is 35.5. The fourth-order valence-electron chi connectivity index (χ4n) is 1.40. The molecule has 2 N–H and O–H groups in total. The molecule has 0 saturated heterocycles. The third-order valence-corrected chi connectivity index (χ3v) is 2.53. The van der Waals surface area contributed by atoms with Crippen molar-refractivity contribution in [1.29, 1.82) is 5.26 Å². The molecule has 0 saturated carbocycles. The molecule has 0 aliphatic rings. The Labute approximate surface area is 102 Å². The summed E-state index contributed by atoms with van der Waals surface area (Å²) in [6.45, 7) is 0. The van der Waals surface area contributed by atoms with Gasteiger partial charge in [-0.1, -0.05) is 17.7 Å². The van der Waals surface area contributed by atoms with Gasteiger partial charge in [0.2, 0.25) is 0 Å². The Bertz CT molecular complexity index is 627. The van der Waals surface area contributed by atoms with Crippen LogP contribution in [0, 0.1) is 11.3 Å². The maximum absolute atomic E-state index is 10.9. The van der Waals surface area contributed by atoms with E-state index in [-0.39, 0.29) is 5.56 Å². The SMILES string of the molecule is N#Cc1c(Cl)cccc1-n1cc(C(N)=O)cn1. The molecule has 1 heterocycles. The summed E-state index contributed by atoms with van der Waals surface area (Å²) in [6.07, 6.45) is 2.79. The van der Waals surface area contributed by atoms with Crippen LogP contribution in [0.25, 0.3) is 5.69 Å². The van der Waals surface area contributed by atoms with Gasteiger partial charge in [0.1, 0.15) is 6.07 Å². The molecule has 0 aliphatic carbocycles. The molecular formula is C11H7ClN4O. The van der Waals surface area contributed by atoms with Crippen LogP contribution in [0.15, 0.2) is 30.6 Å². The first-order chi connectivity index (χ1) is 8.13. The van der Waals surface area contributed by atoms with E-state index in [0.717, 1.165) is 0 Å². The number of hydrogen-bond donors (Lipinski definition) is 1. The highest BCUT2D eigenvalue weighted by molar-refractivity contribution is 6.32. The summed E-state index contributed by atoms with van der Waals surface area (Å²) in [5.41, 5.74) is 6.20. The Morgan fingerprint density at radius 2 is 2.29 bits per heavy atom. The van der Waals surface area contributed by atoms with Crippen LogP contribution in [0.5, 0.6) is 0 Å². The smallest absolute Gasteiger partial charge is 0.251 e. The van der Waals surface area contributed by atoms with Crippen molar-refractivity contribution in [2.24, 2.45) is 5.73 Å². The Morgan fingerprint density at radius 3 is 2.88 bits per heavy atom. The number of hydrogen-bond acceptors (Lipinski definition) is 3. The van der Waals surface area contributed by atoms with Crippen LogP contribution in [-0.4, -0.2) is 15.7 Å². The zero-order chi connectivity index (χ0) is 12.4. The Hall–Kier alpha value is -2.32. The van der Waals surface area contributed by atoms with E-state index in [1.54, 1.807) is 18.2 Å². The number of benzene rings is 1. The number of halogens is 1. The predicted octanol–water partition coefficient (Wildman–Crippen LogP) is 1.50. The first kappa shape index (κ1) is 11.2. The summed E-state index contributed by atoms with van der Waals surface area (Å²) in [5.74, 6) is -0.572. The molecule has 84 valence electrons. The normalized spacial score (nSPS) is 9.88. The standard InChI is InChI=1S/C11H7ClN4O/c12-9-2-1-3-10(8(9)4-13)16-6-7(5-15-16)11(14)17/h1-3,5-6H,(H2,14,17). The maximum Gasteiger partial charge on any atom is 0.251 e. The summed E-state index contributed by atoms with van der Waals surface area (Å²) in [6, 6.07) is 6.99. The van der Waals surface area contributed by atoms with E-state index in [0.29, 0.717) is 16.3 Å². The topological polar surface area (TPSA) is 84.7 Å². The molecule has 0 fully saturated rings. The Morgan fingerprint density at radius 1 is 1.53 bits per heavy atom. The summed E-state index contributed by atoms with van der Waals surface area (Å²) in [7, 11) is 0. The van der Waals surface area contributed by atoms with Crippen molar-refractivity contribution in [1.82, 2.24) is 9.78 Å². The molecular weight excluding hydrogens is 240 g/mol. The number of nitrogens with two attached hydrogens (primary N) is 1. The molecule has 1 aromatic carbocycles. The molecule has 2 rings (SSSR count). The molecule has 5 nitrogen and oxygen atoms in total. The average Bonchev–Trinajstić information content (AvgIpc) is 2.77. The van der Waals surface area contributed by atoms with Gasteiger partial charge in [0, 0.05) is 6.20 Å². The lowest BCUT2D eigenvalue weighted by molar-refractivity contribution is 0.100. The summed E-state index contributed by atoms with van der Waals surface area (Å²) < 4.78 is 1.39. The third kappa shape index (κ3) is 1.98. The van der Waals surface area contributed by atoms with Gasteiger partial charge in [0.25, 0.3) is 5.91 Å². The lowest BCUT2D eigenvalue weighted by atomic mass is 10.2. The number of aromatic nitrogens is 2. The fraction of sp³-hybridized carbons (Fsp3) is 0. The minimum absolute atomic E-state index is 0.272. The second-order valence-corrected chi connectivity index (χ2v) is 3.69. The quantitative estimate of drug-likeness (QED) is 0.871. The fourth-order valence-corrected chi connectivity index (χ4v) is 1.61. The van der Waals surface area contributed by atoms with Gasteiger partial charge in [0.05, 0.1) is 28.0 Å². The molecule has 17 heavy (non-hydrogen) atoms. The number of nitriles is 1. The highest BCUT2D eigenvalue weighted by Gasteiger charge is 2.11. The van der Waals surface area contributed by atoms with Crippen LogP contribution in [0.4, 0.5) is 0 Å². The lowest BCUT2D eigenvalue weighted by Crippen LogP contribution is -2.09. The van der Waals surface area contributed by atoms with Crippen molar-refractivity contribution in [2.45, 2.75) is 0 Å². The van der Waals surface area contributed by atoms with E-state index in [1.807, 2.05) is 6.07 Å². The van der Waals surface area contributed by atoms with Gasteiger partial charge in [0.15, 0.2) is 0 Å². The molecule has 2 aromatic rings. The molecule has 0 aliphatic heterocycles. The second kappa shape index (κ2) is 4.28. The van der Waals surface area contributed by atoms with Crippen LogP contribution in [0.3, 0.4) is 0 Å². The van der Waals surface area contributed by atoms with Crippen molar-refractivity contribution in [3.8, 4) is 11.8 Å². The summed E-state index contributed by atoms with van der Waals surface area (Å²) in [5, 5.41) is 13.3. The number of nitrogens with zero attached hydrogens (tertiary/aromatic N) is 3. The number of primary amides is 1. The van der Waals surface area contributed by atoms with E-state index >= 15 is 0 Å². The van der Waals surface area contributed by atoms with Gasteiger partial charge in [-0.15, -0.1) is 0 Å². The first-order valence-electron chi connectivity index (χ1n) is 4.67. The number of amides is 1. The van der Waals surface area contributed by atoms with E-state index < -0.39 is 5.91 Å². The van der Waals surface area contributed by atoms with Crippen LogP contribution in [0.2, 0.25) is 5.02 Å². The van der Waals surface area contributed by atoms with Gasteiger partial charge in [-0.3, -0.25) is 4.79 Å². The second-order valence-electron chi connectivity index (χ2n) is 3.28. The van der Waals surface area contributed by atoms with E-state index in [2.05, 4.69) is 5.10 Å². The van der Waals surface area contributed by atoms with Gasteiger partial charge in [-0.25, -0.2) is 4.68 Å². The average molecular weight is 247 g/mol. The maximum atomic E-state index is 10.9. The minimum atomic E-state index is -0.572. The summed E-state index contributed by atoms with van der Waals surface area (Å²) in [4.78, 5) is 10.9. The van der Waals surface area contributed by atoms with E-state index in [4.69, 9.17) is 22.6 Å². The summed E-state index contributed by atoms with van der Waals surface area (Å²) >= 11 is 5.89. The van der Waals surface area contributed by atoms with Gasteiger partial charge in [-0.05, 0) is 12.1 Å². The molecule has 0 radical (unpaired) electrons. The first-order valence-corrected chi connectivity index (χ1v) is 5.04. The minimum Gasteiger partial charge on any atom is -0.366 e. The predicted molar refractivity (Wildman–Crippen MR) is 61.8 cm³/mol. The molecule has 0 bridgehead atoms. The van der Waals surface area contributed by atoms with E-state index in [1.165, 1.54) is 17.1 Å². The Kier molecular flexibility index (Phi) is 2.81. The monoisotopic (exact) mass is 246 g/mol. The molecule has 1 aromatic heterocycles. The number of carbonyl (C=O) groups excluding carboxylic acids is 1. The van der Waals surface area contributed by atoms with Crippen LogP contribution < -0.4 is 5.73 Å². The van der Waals surface area contributed by atoms with Crippen LogP contribution in [0.1, 0.15) is 15.9 Å². The molecule has 0 unspecified atom stereocenters. The molecule has 1 amide bonds. The van der Waals surface area contributed by atoms with Gasteiger partial charge < -0.3 is 5.73 Å². The van der Waals surface area contributed by atoms with Crippen molar-refractivity contribution < 1.29 is 4.79 Å². The van der Waals surface area contributed by atoms with Gasteiger partial charge >= 0.3 is 0 Å². The van der Waals surface area contributed by atoms with Crippen LogP contribution in [-0.2, 0) is 0 Å². The van der Waals surface area contributed by atoms with Crippen molar-refractivity contribution >= 4 is 17.5 Å². The zero-order valence-electron chi connectivity index (χ0n) is 8.59. The zero-order valence-corrected chi connectivity index (χ0v) is 9.35. The lowest BCUT2D eigenvalue weighted by Gasteiger charge is -2.04. The van der Waals surface area contributed by atoms with Gasteiger partial charge in [-0.2, -0.15) is 10.4 Å². The largest absolute Gasteiger partial charge is 0.366 e. The Balaban J connectivity index is 2.57. The van der Waals surface area contributed by atoms with Crippen molar-refractivity contribution in [3.63, 3.8) is 0 Å². The number of rotatable bonds is 2. The van der Waals surface area contributed by atoms with E-state index in [9.17, 15) is 4.79 Å². The van der Waals surface area contributed by atoms with Crippen LogP contribution >= 0.6 is 11.6 Å². The third-order valence-electron chi connectivity index (χ3n) is 2.22. The number of carbonyl (C=O) groups is 1. The highest BCUT2D eigenvalue weighted by Crippen LogP contribution is 2.22. The van der Waals surface area contributed by atoms with Crippen molar-refractivity contribution in [3.05, 3.63) is 46.7 Å². The molecule has 0 spiro atoms. The molecule has 0 atom stereocenters.